The van der Waals surface area contributed by atoms with E-state index in [-0.39, 0.29) is 18.3 Å². The molecule has 0 aliphatic carbocycles. The van der Waals surface area contributed by atoms with Gasteiger partial charge in [0.25, 0.3) is 5.91 Å². The molecule has 6 rings (SSSR count). The minimum atomic E-state index is -1.41. The molecular weight excluding hydrogens is 452 g/mol. The maximum atomic E-state index is 13.1. The Morgan fingerprint density at radius 2 is 1.97 bits per heavy atom. The summed E-state index contributed by atoms with van der Waals surface area (Å²) in [6.45, 7) is 2.64. The van der Waals surface area contributed by atoms with Crippen molar-refractivity contribution in [2.24, 2.45) is 0 Å². The van der Waals surface area contributed by atoms with E-state index < -0.39 is 17.5 Å². The Bertz CT molecular complexity index is 1370. The summed E-state index contributed by atoms with van der Waals surface area (Å²) in [5.74, 6) is 1.08. The van der Waals surface area contributed by atoms with Crippen LogP contribution in [-0.4, -0.2) is 54.6 Å². The first-order valence-electron chi connectivity index (χ1n) is 11.4. The maximum absolute atomic E-state index is 13.1. The summed E-state index contributed by atoms with van der Waals surface area (Å²) < 4.78 is 11.4. The number of nitrogens with one attached hydrogen (secondary N) is 3. The fraction of sp³-hybridized carbons (Fsp3) is 0.333. The average Bonchev–Trinajstić information content (AvgIpc) is 3.53. The summed E-state index contributed by atoms with van der Waals surface area (Å²) in [6.07, 6.45) is 0.821. The number of fused-ring (bicyclic) bond motifs is 2. The first-order valence-corrected chi connectivity index (χ1v) is 11.4. The number of ether oxygens (including phenoxy) is 1. The van der Waals surface area contributed by atoms with E-state index in [0.717, 1.165) is 23.3 Å². The smallest absolute Gasteiger partial charge is 0.323 e. The highest BCUT2D eigenvalue weighted by Crippen LogP contribution is 2.35. The van der Waals surface area contributed by atoms with Gasteiger partial charge < -0.3 is 19.8 Å². The topological polar surface area (TPSA) is 129 Å². The van der Waals surface area contributed by atoms with E-state index in [4.69, 9.17) is 9.15 Å². The molecule has 3 aliphatic rings. The number of methoxy groups -OCH3 is 1. The molecule has 2 fully saturated rings. The van der Waals surface area contributed by atoms with Crippen LogP contribution in [0, 0.1) is 0 Å². The fourth-order valence-electron chi connectivity index (χ4n) is 4.99. The van der Waals surface area contributed by atoms with E-state index in [1.54, 1.807) is 30.2 Å². The van der Waals surface area contributed by atoms with Gasteiger partial charge in [0.1, 0.15) is 22.8 Å². The molecule has 3 aromatic rings. The molecule has 2 saturated heterocycles. The van der Waals surface area contributed by atoms with E-state index in [1.807, 2.05) is 18.2 Å². The molecule has 1 unspecified atom stereocenters. The van der Waals surface area contributed by atoms with Crippen molar-refractivity contribution in [2.75, 3.05) is 31.6 Å². The standard InChI is InChI=1S/C24H24N6O5/c1-34-16-4-3-14-11-29(12-15(14)9-16)13-24(21(31)27-22(32)28-24)19-10-17-18(35-19)5-6-20(26-17)30-8-2-7-25-23(30)33/h3-6,9-10H,2,7-8,11-13H2,1H3,(H,25,33)(H2,27,28,31,32). The lowest BCUT2D eigenvalue weighted by Gasteiger charge is -2.28. The molecule has 3 N–H and O–H groups in total. The monoisotopic (exact) mass is 476 g/mol. The van der Waals surface area contributed by atoms with Crippen molar-refractivity contribution in [3.8, 4) is 5.75 Å². The molecule has 0 spiro atoms. The molecule has 5 amide bonds. The van der Waals surface area contributed by atoms with Gasteiger partial charge in [-0.25, -0.2) is 14.6 Å². The molecule has 35 heavy (non-hydrogen) atoms. The van der Waals surface area contributed by atoms with Crippen molar-refractivity contribution in [2.45, 2.75) is 25.0 Å². The highest BCUT2D eigenvalue weighted by atomic mass is 16.5. The number of carbonyl (C=O) groups is 3. The molecule has 2 aromatic heterocycles. The zero-order chi connectivity index (χ0) is 24.2. The van der Waals surface area contributed by atoms with Crippen molar-refractivity contribution in [3.05, 3.63) is 53.3 Å². The third-order valence-corrected chi connectivity index (χ3v) is 6.74. The van der Waals surface area contributed by atoms with Crippen LogP contribution >= 0.6 is 0 Å². The van der Waals surface area contributed by atoms with Crippen LogP contribution in [0.15, 0.2) is 40.8 Å². The van der Waals surface area contributed by atoms with Gasteiger partial charge >= 0.3 is 12.1 Å². The highest BCUT2D eigenvalue weighted by Gasteiger charge is 2.52. The molecule has 0 saturated carbocycles. The normalized spacial score (nSPS) is 22.2. The minimum absolute atomic E-state index is 0.198. The fourth-order valence-corrected chi connectivity index (χ4v) is 4.99. The number of carbonyl (C=O) groups excluding carboxylic acids is 3. The minimum Gasteiger partial charge on any atom is -0.497 e. The van der Waals surface area contributed by atoms with Gasteiger partial charge in [0.05, 0.1) is 7.11 Å². The first kappa shape index (κ1) is 21.4. The summed E-state index contributed by atoms with van der Waals surface area (Å²) in [5.41, 5.74) is 1.80. The van der Waals surface area contributed by atoms with Crippen LogP contribution in [0.25, 0.3) is 11.1 Å². The summed E-state index contributed by atoms with van der Waals surface area (Å²) in [5, 5.41) is 7.96. The molecule has 5 heterocycles. The predicted molar refractivity (Wildman–Crippen MR) is 125 cm³/mol. The number of hydrogen-bond acceptors (Lipinski definition) is 7. The van der Waals surface area contributed by atoms with Crippen molar-refractivity contribution in [1.82, 2.24) is 25.8 Å². The summed E-state index contributed by atoms with van der Waals surface area (Å²) in [6, 6.07) is 10.2. The lowest BCUT2D eigenvalue weighted by atomic mass is 9.95. The van der Waals surface area contributed by atoms with Gasteiger partial charge in [-0.15, -0.1) is 0 Å². The SMILES string of the molecule is COc1ccc2c(c1)CN(CC1(c3cc4nc(N5CCCNC5=O)ccc4o3)NC(=O)NC1=O)C2. The number of amides is 5. The number of furan rings is 1. The third-order valence-electron chi connectivity index (χ3n) is 6.74. The number of urea groups is 2. The van der Waals surface area contributed by atoms with E-state index >= 15 is 0 Å². The van der Waals surface area contributed by atoms with Crippen molar-refractivity contribution < 1.29 is 23.5 Å². The number of hydrogen-bond donors (Lipinski definition) is 3. The third kappa shape index (κ3) is 3.55. The van der Waals surface area contributed by atoms with Crippen molar-refractivity contribution in [3.63, 3.8) is 0 Å². The number of pyridine rings is 1. The Labute approximate surface area is 200 Å². The van der Waals surface area contributed by atoms with Crippen LogP contribution in [0.2, 0.25) is 0 Å². The van der Waals surface area contributed by atoms with Gasteiger partial charge in [0.2, 0.25) is 0 Å². The van der Waals surface area contributed by atoms with Crippen molar-refractivity contribution in [1.29, 1.82) is 0 Å². The average molecular weight is 476 g/mol. The zero-order valence-corrected chi connectivity index (χ0v) is 19.1. The molecule has 180 valence electrons. The van der Waals surface area contributed by atoms with Crippen LogP contribution in [0.5, 0.6) is 5.75 Å². The van der Waals surface area contributed by atoms with E-state index in [1.165, 1.54) is 0 Å². The first-order chi connectivity index (χ1) is 16.9. The number of rotatable bonds is 5. The number of anilines is 1. The Kier molecular flexibility index (Phi) is 4.88. The quantitative estimate of drug-likeness (QED) is 0.479. The molecular formula is C24H24N6O5. The van der Waals surface area contributed by atoms with Gasteiger partial charge in [-0.05, 0) is 41.8 Å². The number of benzene rings is 1. The van der Waals surface area contributed by atoms with E-state index in [9.17, 15) is 14.4 Å². The summed E-state index contributed by atoms with van der Waals surface area (Å²) in [4.78, 5) is 45.9. The van der Waals surface area contributed by atoms with Gasteiger partial charge in [0.15, 0.2) is 11.1 Å². The van der Waals surface area contributed by atoms with Crippen LogP contribution in [0.1, 0.15) is 23.3 Å². The van der Waals surface area contributed by atoms with Gasteiger partial charge in [-0.1, -0.05) is 6.07 Å². The molecule has 1 atom stereocenters. The van der Waals surface area contributed by atoms with Crippen LogP contribution < -0.4 is 25.6 Å². The largest absolute Gasteiger partial charge is 0.497 e. The summed E-state index contributed by atoms with van der Waals surface area (Å²) >= 11 is 0. The lowest BCUT2D eigenvalue weighted by molar-refractivity contribution is -0.125. The number of imide groups is 1. The highest BCUT2D eigenvalue weighted by molar-refractivity contribution is 6.07. The van der Waals surface area contributed by atoms with Gasteiger partial charge in [-0.2, -0.15) is 0 Å². The molecule has 0 radical (unpaired) electrons. The number of nitrogens with zero attached hydrogens (tertiary/aromatic N) is 3. The van der Waals surface area contributed by atoms with E-state index in [0.29, 0.717) is 43.1 Å². The Balaban J connectivity index is 1.33. The second kappa shape index (κ2) is 7.98. The Morgan fingerprint density at radius 3 is 2.74 bits per heavy atom. The second-order valence-corrected chi connectivity index (χ2v) is 8.99. The Hall–Kier alpha value is -4.12. The van der Waals surface area contributed by atoms with Gasteiger partial charge in [0, 0.05) is 38.8 Å². The zero-order valence-electron chi connectivity index (χ0n) is 19.1. The van der Waals surface area contributed by atoms with E-state index in [2.05, 4.69) is 25.8 Å². The van der Waals surface area contributed by atoms with Gasteiger partial charge in [-0.3, -0.25) is 19.9 Å². The van der Waals surface area contributed by atoms with Crippen LogP contribution in [-0.2, 0) is 23.4 Å². The Morgan fingerprint density at radius 1 is 1.11 bits per heavy atom. The predicted octanol–water partition coefficient (Wildman–Crippen LogP) is 1.81. The van der Waals surface area contributed by atoms with Crippen LogP contribution in [0.3, 0.4) is 0 Å². The molecule has 11 nitrogen and oxygen atoms in total. The summed E-state index contributed by atoms with van der Waals surface area (Å²) in [7, 11) is 1.63. The lowest BCUT2D eigenvalue weighted by Crippen LogP contribution is -2.51. The van der Waals surface area contributed by atoms with Crippen LogP contribution in [0.4, 0.5) is 15.4 Å². The molecule has 3 aliphatic heterocycles. The maximum Gasteiger partial charge on any atom is 0.323 e. The number of aromatic nitrogens is 1. The molecule has 11 heteroatoms. The second-order valence-electron chi connectivity index (χ2n) is 8.99. The molecule has 0 bridgehead atoms. The molecule has 1 aromatic carbocycles. The van der Waals surface area contributed by atoms with Crippen molar-refractivity contribution >= 4 is 34.9 Å².